The van der Waals surface area contributed by atoms with Crippen molar-refractivity contribution in [3.8, 4) is 0 Å². The molecule has 2 aliphatic carbocycles. The van der Waals surface area contributed by atoms with Crippen LogP contribution in [0.5, 0.6) is 0 Å². The zero-order chi connectivity index (χ0) is 25.2. The van der Waals surface area contributed by atoms with E-state index in [1.807, 2.05) is 25.1 Å². The van der Waals surface area contributed by atoms with Gasteiger partial charge in [-0.2, -0.15) is 0 Å². The van der Waals surface area contributed by atoms with Gasteiger partial charge in [0.05, 0.1) is 11.7 Å². The van der Waals surface area contributed by atoms with E-state index >= 15 is 0 Å². The maximum atomic E-state index is 12.6. The van der Waals surface area contributed by atoms with Crippen molar-refractivity contribution in [3.05, 3.63) is 65.0 Å². The Morgan fingerprint density at radius 2 is 2.00 bits per heavy atom. The second-order valence-corrected chi connectivity index (χ2v) is 10.8. The van der Waals surface area contributed by atoms with Crippen LogP contribution in [-0.4, -0.2) is 42.6 Å². The standard InChI is InChI=1S/C30H45N5O/c1-22-8-5-11-26(18-22)32-17-7-15-31-19-25-13-14-29-24(9-6-12-28(25)29)20-35-30(36)23(2)34-21-27-10-3-4-16-33-27/h3-4,6,9-10,12,16,22-23,25-26,31-32,34H,5,7-8,11,13-15,17-21H2,1-2H3,(H,35,36)/t22-,23+,25?,26?/m1/s1. The third kappa shape index (κ3) is 7.86. The molecule has 4 atom stereocenters. The van der Waals surface area contributed by atoms with Crippen molar-refractivity contribution in [1.82, 2.24) is 26.3 Å². The van der Waals surface area contributed by atoms with Gasteiger partial charge in [-0.15, -0.1) is 0 Å². The molecular weight excluding hydrogens is 446 g/mol. The lowest BCUT2D eigenvalue weighted by Gasteiger charge is -2.27. The number of hydrogen-bond acceptors (Lipinski definition) is 5. The van der Waals surface area contributed by atoms with Gasteiger partial charge in [-0.1, -0.05) is 44.0 Å². The minimum atomic E-state index is -0.267. The molecule has 0 aliphatic heterocycles. The monoisotopic (exact) mass is 491 g/mol. The number of hydrogen-bond donors (Lipinski definition) is 4. The minimum Gasteiger partial charge on any atom is -0.351 e. The summed E-state index contributed by atoms with van der Waals surface area (Å²) < 4.78 is 0. The van der Waals surface area contributed by atoms with Crippen LogP contribution in [0.15, 0.2) is 42.6 Å². The number of nitrogens with one attached hydrogen (secondary N) is 4. The molecule has 1 amide bonds. The van der Waals surface area contributed by atoms with Gasteiger partial charge in [0.1, 0.15) is 0 Å². The van der Waals surface area contributed by atoms with E-state index in [-0.39, 0.29) is 11.9 Å². The summed E-state index contributed by atoms with van der Waals surface area (Å²) in [6, 6.07) is 12.9. The number of fused-ring (bicyclic) bond motifs is 1. The lowest BCUT2D eigenvalue weighted by atomic mass is 9.87. The largest absolute Gasteiger partial charge is 0.351 e. The molecule has 1 aromatic heterocycles. The quantitative estimate of drug-likeness (QED) is 0.318. The Hall–Kier alpha value is -2.28. The van der Waals surface area contributed by atoms with Gasteiger partial charge in [-0.25, -0.2) is 0 Å². The first-order valence-electron chi connectivity index (χ1n) is 14.1. The highest BCUT2D eigenvalue weighted by molar-refractivity contribution is 5.81. The molecule has 2 aliphatic rings. The first-order chi connectivity index (χ1) is 17.6. The van der Waals surface area contributed by atoms with Gasteiger partial charge in [0, 0.05) is 31.9 Å². The zero-order valence-corrected chi connectivity index (χ0v) is 22.2. The van der Waals surface area contributed by atoms with Crippen molar-refractivity contribution in [2.24, 2.45) is 5.92 Å². The van der Waals surface area contributed by atoms with Crippen LogP contribution in [-0.2, 0) is 24.3 Å². The van der Waals surface area contributed by atoms with Crippen LogP contribution in [0.25, 0.3) is 0 Å². The molecule has 36 heavy (non-hydrogen) atoms. The van der Waals surface area contributed by atoms with E-state index in [1.165, 1.54) is 55.2 Å². The van der Waals surface area contributed by atoms with Gasteiger partial charge in [0.25, 0.3) is 0 Å². The van der Waals surface area contributed by atoms with E-state index in [2.05, 4.69) is 51.4 Å². The first kappa shape index (κ1) is 26.8. The van der Waals surface area contributed by atoms with Gasteiger partial charge in [-0.3, -0.25) is 9.78 Å². The number of amides is 1. The summed E-state index contributed by atoms with van der Waals surface area (Å²) in [7, 11) is 0. The number of rotatable bonds is 13. The minimum absolute atomic E-state index is 0.0241. The molecule has 0 bridgehead atoms. The Bertz CT molecular complexity index is 950. The molecule has 2 aromatic rings. The Balaban J connectivity index is 1.16. The average molecular weight is 492 g/mol. The number of carbonyl (C=O) groups is 1. The Morgan fingerprint density at radius 3 is 2.83 bits per heavy atom. The highest BCUT2D eigenvalue weighted by atomic mass is 16.2. The van der Waals surface area contributed by atoms with Crippen molar-refractivity contribution in [2.45, 2.75) is 89.9 Å². The molecule has 1 fully saturated rings. The molecule has 6 nitrogen and oxygen atoms in total. The van der Waals surface area contributed by atoms with Gasteiger partial charge < -0.3 is 21.3 Å². The van der Waals surface area contributed by atoms with Crippen molar-refractivity contribution in [2.75, 3.05) is 19.6 Å². The van der Waals surface area contributed by atoms with Crippen molar-refractivity contribution >= 4 is 5.91 Å². The predicted molar refractivity (Wildman–Crippen MR) is 147 cm³/mol. The van der Waals surface area contributed by atoms with Crippen molar-refractivity contribution in [1.29, 1.82) is 0 Å². The fourth-order valence-electron chi connectivity index (χ4n) is 5.80. The van der Waals surface area contributed by atoms with E-state index in [1.54, 1.807) is 6.20 Å². The molecule has 6 heteroatoms. The van der Waals surface area contributed by atoms with Gasteiger partial charge in [0.2, 0.25) is 5.91 Å². The van der Waals surface area contributed by atoms with Crippen LogP contribution >= 0.6 is 0 Å². The Labute approximate surface area is 217 Å². The molecular formula is C30H45N5O. The maximum absolute atomic E-state index is 12.6. The van der Waals surface area contributed by atoms with Crippen LogP contribution in [0.3, 0.4) is 0 Å². The number of aromatic nitrogens is 1. The van der Waals surface area contributed by atoms with Crippen LogP contribution in [0.2, 0.25) is 0 Å². The van der Waals surface area contributed by atoms with E-state index in [0.29, 0.717) is 19.0 Å². The second-order valence-electron chi connectivity index (χ2n) is 10.8. The Kier molecular flexibility index (Phi) is 10.3. The Morgan fingerprint density at radius 1 is 1.08 bits per heavy atom. The first-order valence-corrected chi connectivity index (χ1v) is 14.1. The molecule has 196 valence electrons. The summed E-state index contributed by atoms with van der Waals surface area (Å²) in [5.41, 5.74) is 5.09. The highest BCUT2D eigenvalue weighted by Crippen LogP contribution is 2.34. The zero-order valence-electron chi connectivity index (χ0n) is 22.2. The molecule has 1 aromatic carbocycles. The summed E-state index contributed by atoms with van der Waals surface area (Å²) in [6.45, 7) is 8.68. The van der Waals surface area contributed by atoms with Crippen molar-refractivity contribution in [3.63, 3.8) is 0 Å². The summed E-state index contributed by atoms with van der Waals surface area (Å²) in [6.07, 6.45) is 10.7. The molecule has 1 saturated carbocycles. The molecule has 4 rings (SSSR count). The number of nitrogens with zero attached hydrogens (tertiary/aromatic N) is 1. The van der Waals surface area contributed by atoms with Crippen molar-refractivity contribution < 1.29 is 4.79 Å². The number of pyridine rings is 1. The van der Waals surface area contributed by atoms with E-state index < -0.39 is 0 Å². The predicted octanol–water partition coefficient (Wildman–Crippen LogP) is 4.05. The lowest BCUT2D eigenvalue weighted by Crippen LogP contribution is -2.41. The smallest absolute Gasteiger partial charge is 0.237 e. The van der Waals surface area contributed by atoms with E-state index in [0.717, 1.165) is 43.7 Å². The average Bonchev–Trinajstić information content (AvgIpc) is 3.32. The summed E-state index contributed by atoms with van der Waals surface area (Å²) >= 11 is 0. The topological polar surface area (TPSA) is 78.1 Å². The third-order valence-corrected chi connectivity index (χ3v) is 7.94. The van der Waals surface area contributed by atoms with E-state index in [4.69, 9.17) is 0 Å². The molecule has 1 heterocycles. The fourth-order valence-corrected chi connectivity index (χ4v) is 5.80. The van der Waals surface area contributed by atoms with Gasteiger partial charge >= 0.3 is 0 Å². The highest BCUT2D eigenvalue weighted by Gasteiger charge is 2.24. The molecule has 4 N–H and O–H groups in total. The van der Waals surface area contributed by atoms with Crippen LogP contribution in [0.4, 0.5) is 0 Å². The lowest BCUT2D eigenvalue weighted by molar-refractivity contribution is -0.122. The number of benzene rings is 1. The van der Waals surface area contributed by atoms with Crippen LogP contribution in [0.1, 0.15) is 80.7 Å². The second kappa shape index (κ2) is 13.9. The molecule has 0 spiro atoms. The fraction of sp³-hybridized carbons (Fsp3) is 0.600. The SMILES string of the molecule is C[C@@H]1CCCC(NCCCNCC2CCc3c(CNC(=O)[C@H](C)NCc4ccccn4)cccc32)C1. The number of carbonyl (C=O) groups excluding carboxylic acids is 1. The summed E-state index contributed by atoms with van der Waals surface area (Å²) in [5.74, 6) is 1.48. The maximum Gasteiger partial charge on any atom is 0.237 e. The third-order valence-electron chi connectivity index (χ3n) is 7.94. The van der Waals surface area contributed by atoms with Crippen LogP contribution < -0.4 is 21.3 Å². The summed E-state index contributed by atoms with van der Waals surface area (Å²) in [4.78, 5) is 16.9. The van der Waals surface area contributed by atoms with Gasteiger partial charge in [-0.05, 0) is 92.8 Å². The normalized spacial score (nSPS) is 22.2. The van der Waals surface area contributed by atoms with Crippen LogP contribution in [0, 0.1) is 5.92 Å². The molecule has 2 unspecified atom stereocenters. The molecule has 0 saturated heterocycles. The summed E-state index contributed by atoms with van der Waals surface area (Å²) in [5, 5.41) is 13.9. The molecule has 0 radical (unpaired) electrons. The van der Waals surface area contributed by atoms with E-state index in [9.17, 15) is 4.79 Å². The van der Waals surface area contributed by atoms with Gasteiger partial charge in [0.15, 0.2) is 0 Å².